The first-order chi connectivity index (χ1) is 9.35. The Hall–Kier alpha value is -2.29. The van der Waals surface area contributed by atoms with Crippen LogP contribution in [0, 0.1) is 0 Å². The molecule has 98 valence electrons. The third-order valence-electron chi connectivity index (χ3n) is 2.82. The van der Waals surface area contributed by atoms with Crippen molar-refractivity contribution in [2.75, 3.05) is 7.11 Å². The molecule has 1 unspecified atom stereocenters. The van der Waals surface area contributed by atoms with Crippen LogP contribution >= 0.6 is 0 Å². The van der Waals surface area contributed by atoms with Gasteiger partial charge in [0.1, 0.15) is 12.4 Å². The maximum Gasteiger partial charge on any atom is 0.162 e. The number of rotatable bonds is 6. The minimum absolute atomic E-state index is 0.296. The summed E-state index contributed by atoms with van der Waals surface area (Å²) in [6, 6.07) is 17.1. The molecular weight excluding hydrogens is 240 g/mol. The van der Waals surface area contributed by atoms with Crippen molar-refractivity contribution < 1.29 is 14.3 Å². The fraction of sp³-hybridized carbons (Fsp3) is 0.188. The number of ether oxygens (including phenoxy) is 2. The molecule has 2 rings (SSSR count). The molecule has 0 aliphatic heterocycles. The van der Waals surface area contributed by atoms with Crippen molar-refractivity contribution in [3.05, 3.63) is 60.2 Å². The Morgan fingerprint density at radius 2 is 1.63 bits per heavy atom. The second-order valence-corrected chi connectivity index (χ2v) is 4.07. The van der Waals surface area contributed by atoms with Crippen LogP contribution in [0.3, 0.4) is 0 Å². The lowest BCUT2D eigenvalue weighted by Gasteiger charge is -2.19. The Balaban J connectivity index is 2.24. The topological polar surface area (TPSA) is 35.5 Å². The fourth-order valence-corrected chi connectivity index (χ4v) is 1.88. The quantitative estimate of drug-likeness (QED) is 0.743. The van der Waals surface area contributed by atoms with Gasteiger partial charge in [0.2, 0.25) is 0 Å². The first-order valence-electron chi connectivity index (χ1n) is 6.13. The highest BCUT2D eigenvalue weighted by Crippen LogP contribution is 2.31. The molecule has 0 radical (unpaired) electrons. The average molecular weight is 256 g/mol. The van der Waals surface area contributed by atoms with E-state index in [4.69, 9.17) is 9.47 Å². The van der Waals surface area contributed by atoms with Gasteiger partial charge in [0.15, 0.2) is 11.5 Å². The summed E-state index contributed by atoms with van der Waals surface area (Å²) in [5, 5.41) is 0. The molecule has 0 bridgehead atoms. The SMILES string of the molecule is COc1ccccc1OC(CC=O)c1ccccc1. The van der Waals surface area contributed by atoms with E-state index in [1.807, 2.05) is 54.6 Å². The van der Waals surface area contributed by atoms with Gasteiger partial charge in [-0.3, -0.25) is 0 Å². The van der Waals surface area contributed by atoms with E-state index in [1.54, 1.807) is 7.11 Å². The predicted octanol–water partition coefficient (Wildman–Crippen LogP) is 3.40. The fourth-order valence-electron chi connectivity index (χ4n) is 1.88. The summed E-state index contributed by atoms with van der Waals surface area (Å²) in [4.78, 5) is 10.8. The van der Waals surface area contributed by atoms with Crippen molar-refractivity contribution in [2.24, 2.45) is 0 Å². The zero-order chi connectivity index (χ0) is 13.5. The lowest BCUT2D eigenvalue weighted by atomic mass is 10.1. The average Bonchev–Trinajstić information content (AvgIpc) is 2.48. The summed E-state index contributed by atoms with van der Waals surface area (Å²) in [6.07, 6.45) is 0.879. The van der Waals surface area contributed by atoms with Gasteiger partial charge in [-0.05, 0) is 17.7 Å². The Kier molecular flexibility index (Phi) is 4.56. The van der Waals surface area contributed by atoms with Crippen LogP contribution in [0.1, 0.15) is 18.1 Å². The number of aldehydes is 1. The van der Waals surface area contributed by atoms with E-state index in [1.165, 1.54) is 0 Å². The second-order valence-electron chi connectivity index (χ2n) is 4.07. The molecular formula is C16H16O3. The summed E-state index contributed by atoms with van der Waals surface area (Å²) in [5.74, 6) is 1.30. The van der Waals surface area contributed by atoms with Gasteiger partial charge in [-0.25, -0.2) is 0 Å². The van der Waals surface area contributed by atoms with Crippen molar-refractivity contribution in [3.8, 4) is 11.5 Å². The van der Waals surface area contributed by atoms with E-state index in [0.29, 0.717) is 17.9 Å². The van der Waals surface area contributed by atoms with Crippen LogP contribution in [-0.4, -0.2) is 13.4 Å². The Morgan fingerprint density at radius 1 is 1.00 bits per heavy atom. The van der Waals surface area contributed by atoms with Gasteiger partial charge in [0.25, 0.3) is 0 Å². The number of carbonyl (C=O) groups excluding carboxylic acids is 1. The molecule has 2 aromatic rings. The summed E-state index contributed by atoms with van der Waals surface area (Å²) >= 11 is 0. The number of para-hydroxylation sites is 2. The molecule has 0 heterocycles. The highest BCUT2D eigenvalue weighted by atomic mass is 16.5. The van der Waals surface area contributed by atoms with Crippen LogP contribution in [0.25, 0.3) is 0 Å². The first kappa shape index (κ1) is 13.1. The standard InChI is InChI=1S/C16H16O3/c1-18-15-9-5-6-10-16(15)19-14(11-12-17)13-7-3-2-4-8-13/h2-10,12,14H,11H2,1H3. The van der Waals surface area contributed by atoms with Crippen LogP contribution in [0.2, 0.25) is 0 Å². The maximum absolute atomic E-state index is 10.8. The zero-order valence-electron chi connectivity index (χ0n) is 10.8. The summed E-state index contributed by atoms with van der Waals surface area (Å²) in [6.45, 7) is 0. The normalized spacial score (nSPS) is 11.6. The van der Waals surface area contributed by atoms with Crippen LogP contribution in [-0.2, 0) is 4.79 Å². The molecule has 0 saturated carbocycles. The molecule has 1 atom stereocenters. The lowest BCUT2D eigenvalue weighted by molar-refractivity contribution is -0.109. The molecule has 19 heavy (non-hydrogen) atoms. The second kappa shape index (κ2) is 6.59. The molecule has 2 aromatic carbocycles. The molecule has 0 aliphatic carbocycles. The van der Waals surface area contributed by atoms with E-state index >= 15 is 0 Å². The van der Waals surface area contributed by atoms with Crippen molar-refractivity contribution in [1.82, 2.24) is 0 Å². The van der Waals surface area contributed by atoms with Gasteiger partial charge in [0.05, 0.1) is 7.11 Å². The van der Waals surface area contributed by atoms with Gasteiger partial charge < -0.3 is 14.3 Å². The first-order valence-corrected chi connectivity index (χ1v) is 6.13. The number of hydrogen-bond donors (Lipinski definition) is 0. The van der Waals surface area contributed by atoms with E-state index in [2.05, 4.69) is 0 Å². The monoisotopic (exact) mass is 256 g/mol. The smallest absolute Gasteiger partial charge is 0.162 e. The molecule has 0 fully saturated rings. The number of methoxy groups -OCH3 is 1. The van der Waals surface area contributed by atoms with E-state index in [0.717, 1.165) is 11.8 Å². The number of carbonyl (C=O) groups is 1. The summed E-state index contributed by atoms with van der Waals surface area (Å²) in [7, 11) is 1.60. The molecule has 3 nitrogen and oxygen atoms in total. The minimum atomic E-state index is -0.296. The largest absolute Gasteiger partial charge is 0.493 e. The molecule has 0 N–H and O–H groups in total. The van der Waals surface area contributed by atoms with Crippen molar-refractivity contribution in [3.63, 3.8) is 0 Å². The minimum Gasteiger partial charge on any atom is -0.493 e. The van der Waals surface area contributed by atoms with Crippen LogP contribution in [0.15, 0.2) is 54.6 Å². The highest BCUT2D eigenvalue weighted by Gasteiger charge is 2.14. The van der Waals surface area contributed by atoms with Gasteiger partial charge >= 0.3 is 0 Å². The molecule has 0 aliphatic rings. The zero-order valence-corrected chi connectivity index (χ0v) is 10.8. The molecule has 0 aromatic heterocycles. The van der Waals surface area contributed by atoms with Gasteiger partial charge in [-0.15, -0.1) is 0 Å². The number of benzene rings is 2. The van der Waals surface area contributed by atoms with E-state index in [-0.39, 0.29) is 6.10 Å². The molecule has 0 amide bonds. The Morgan fingerprint density at radius 3 is 2.26 bits per heavy atom. The molecule has 0 spiro atoms. The maximum atomic E-state index is 10.8. The Labute approximate surface area is 112 Å². The third kappa shape index (κ3) is 3.35. The molecule has 0 saturated heterocycles. The van der Waals surface area contributed by atoms with Gasteiger partial charge in [-0.2, -0.15) is 0 Å². The van der Waals surface area contributed by atoms with E-state index < -0.39 is 0 Å². The van der Waals surface area contributed by atoms with Crippen LogP contribution in [0.4, 0.5) is 0 Å². The lowest BCUT2D eigenvalue weighted by Crippen LogP contribution is -2.08. The number of hydrogen-bond acceptors (Lipinski definition) is 3. The van der Waals surface area contributed by atoms with Crippen LogP contribution < -0.4 is 9.47 Å². The predicted molar refractivity (Wildman–Crippen MR) is 73.5 cm³/mol. The van der Waals surface area contributed by atoms with E-state index in [9.17, 15) is 4.79 Å². The van der Waals surface area contributed by atoms with Crippen molar-refractivity contribution in [1.29, 1.82) is 0 Å². The highest BCUT2D eigenvalue weighted by molar-refractivity contribution is 5.51. The Bertz CT molecular complexity index is 523. The van der Waals surface area contributed by atoms with Crippen molar-refractivity contribution >= 4 is 6.29 Å². The van der Waals surface area contributed by atoms with Gasteiger partial charge in [-0.1, -0.05) is 42.5 Å². The summed E-state index contributed by atoms with van der Waals surface area (Å²) in [5.41, 5.74) is 0.973. The van der Waals surface area contributed by atoms with Gasteiger partial charge in [0, 0.05) is 6.42 Å². The summed E-state index contributed by atoms with van der Waals surface area (Å²) < 4.78 is 11.2. The third-order valence-corrected chi connectivity index (χ3v) is 2.82. The van der Waals surface area contributed by atoms with Crippen LogP contribution in [0.5, 0.6) is 11.5 Å². The molecule has 3 heteroatoms. The van der Waals surface area contributed by atoms with Crippen molar-refractivity contribution in [2.45, 2.75) is 12.5 Å².